The van der Waals surface area contributed by atoms with Gasteiger partial charge in [0.05, 0.1) is 16.8 Å². The van der Waals surface area contributed by atoms with Gasteiger partial charge < -0.3 is 22.1 Å². The first-order valence-electron chi connectivity index (χ1n) is 12.5. The van der Waals surface area contributed by atoms with E-state index in [1.54, 1.807) is 4.68 Å². The third-order valence-electron chi connectivity index (χ3n) is 6.92. The maximum absolute atomic E-state index is 13.2. The number of hydrogen-bond donors (Lipinski definition) is 4. The Morgan fingerprint density at radius 1 is 0.949 bits per heavy atom. The van der Waals surface area contributed by atoms with Crippen molar-refractivity contribution in [3.05, 3.63) is 62.6 Å². The van der Waals surface area contributed by atoms with Crippen molar-refractivity contribution in [3.63, 3.8) is 0 Å². The zero-order chi connectivity index (χ0) is 27.4. The first-order chi connectivity index (χ1) is 18.7. The van der Waals surface area contributed by atoms with Crippen LogP contribution < -0.4 is 26.8 Å². The molecule has 198 valence electrons. The number of benzene rings is 1. The number of amides is 2. The van der Waals surface area contributed by atoms with E-state index in [2.05, 4.69) is 20.8 Å². The Bertz CT molecular complexity index is 1790. The average molecular weight is 560 g/mol. The molecule has 1 aliphatic carbocycles. The fourth-order valence-electron chi connectivity index (χ4n) is 4.56. The maximum atomic E-state index is 13.2. The van der Waals surface area contributed by atoms with E-state index in [1.165, 1.54) is 22.7 Å². The van der Waals surface area contributed by atoms with Gasteiger partial charge in [0.15, 0.2) is 4.83 Å². The molecule has 6 N–H and O–H groups in total. The number of rotatable bonds is 6. The Kier molecular flexibility index (Phi) is 6.15. The number of carbonyl (C=O) groups is 2. The summed E-state index contributed by atoms with van der Waals surface area (Å²) in [6.45, 7) is 6.04. The lowest BCUT2D eigenvalue weighted by molar-refractivity contribution is -0.630. The number of hydrogen-bond acceptors (Lipinski definition) is 9. The Morgan fingerprint density at radius 3 is 2.36 bits per heavy atom. The van der Waals surface area contributed by atoms with Crippen molar-refractivity contribution in [2.24, 2.45) is 0 Å². The second kappa shape index (κ2) is 9.54. The standard InChI is InChI=1S/C27H26N8O2S2/c1-12-13(2)34-35(27-17(12)19(28)23(39-27)25(37)31-16-9-10-16)21-14(3)32-33-26-18(21)20(29)22(38-26)24(36)30-11-15-7-5-4-6-8-15/h4-8,16H,9-11H2,1-3H3,(H5-,28,29,30,31,36,37)/p+1. The summed E-state index contributed by atoms with van der Waals surface area (Å²) in [6.07, 6.45) is 1.96. The van der Waals surface area contributed by atoms with Crippen LogP contribution in [0.2, 0.25) is 0 Å². The third kappa shape index (κ3) is 4.35. The summed E-state index contributed by atoms with van der Waals surface area (Å²) in [4.78, 5) is 28.2. The lowest BCUT2D eigenvalue weighted by atomic mass is 10.1. The molecule has 5 aromatic rings. The highest BCUT2D eigenvalue weighted by Gasteiger charge is 2.34. The Hall–Kier alpha value is -4.16. The molecule has 0 unspecified atom stereocenters. The maximum Gasteiger partial charge on any atom is 0.304 e. The van der Waals surface area contributed by atoms with Crippen LogP contribution >= 0.6 is 22.7 Å². The van der Waals surface area contributed by atoms with E-state index < -0.39 is 0 Å². The Labute approximate surface area is 232 Å². The lowest BCUT2D eigenvalue weighted by Crippen LogP contribution is -2.38. The van der Waals surface area contributed by atoms with Crippen LogP contribution in [0.15, 0.2) is 30.3 Å². The van der Waals surface area contributed by atoms with E-state index in [0.717, 1.165) is 35.0 Å². The van der Waals surface area contributed by atoms with Gasteiger partial charge in [-0.25, -0.2) is 0 Å². The number of nitrogen functional groups attached to an aromatic ring is 2. The quantitative estimate of drug-likeness (QED) is 0.232. The SMILES string of the molecule is Cc1nnc2sc(C(=O)NCc3ccccc3)c(N)c2c1-[n+]1nc(C)c(C)c2c(N)c(C(=O)NC3CC3)sc21. The molecule has 4 heterocycles. The number of carbonyl (C=O) groups excluding carboxylic acids is 2. The third-order valence-corrected chi connectivity index (χ3v) is 9.18. The summed E-state index contributed by atoms with van der Waals surface area (Å²) in [5, 5.41) is 20.9. The van der Waals surface area contributed by atoms with Gasteiger partial charge in [-0.3, -0.25) is 9.59 Å². The van der Waals surface area contributed by atoms with E-state index in [-0.39, 0.29) is 17.9 Å². The normalized spacial score (nSPS) is 13.2. The average Bonchev–Trinajstić information content (AvgIpc) is 3.58. The summed E-state index contributed by atoms with van der Waals surface area (Å²) in [7, 11) is 0. The van der Waals surface area contributed by atoms with Crippen molar-refractivity contribution >= 4 is 66.3 Å². The van der Waals surface area contributed by atoms with Crippen LogP contribution in [0.1, 0.15) is 54.7 Å². The first-order valence-corrected chi connectivity index (χ1v) is 14.2. The molecular weight excluding hydrogens is 532 g/mol. The molecule has 6 rings (SSSR count). The summed E-state index contributed by atoms with van der Waals surface area (Å²) in [5.41, 5.74) is 17.8. The fraction of sp³-hybridized carbons (Fsp3) is 0.259. The first kappa shape index (κ1) is 25.1. The van der Waals surface area contributed by atoms with Crippen LogP contribution in [0.4, 0.5) is 11.4 Å². The molecular formula is C27H27N8O2S2+. The molecule has 4 aromatic heterocycles. The van der Waals surface area contributed by atoms with Gasteiger partial charge in [-0.15, -0.1) is 21.5 Å². The molecule has 2 amide bonds. The number of nitrogens with zero attached hydrogens (tertiary/aromatic N) is 4. The molecule has 0 radical (unpaired) electrons. The van der Waals surface area contributed by atoms with Crippen molar-refractivity contribution in [3.8, 4) is 5.69 Å². The van der Waals surface area contributed by atoms with Crippen molar-refractivity contribution in [2.45, 2.75) is 46.2 Å². The molecule has 1 fully saturated rings. The molecule has 1 aromatic carbocycles. The van der Waals surface area contributed by atoms with E-state index in [1.807, 2.05) is 51.1 Å². The number of nitrogens with one attached hydrogen (secondary N) is 2. The van der Waals surface area contributed by atoms with Gasteiger partial charge in [-0.2, -0.15) is 0 Å². The van der Waals surface area contributed by atoms with Crippen LogP contribution in [-0.2, 0) is 6.54 Å². The number of nitrogens with two attached hydrogens (primary N) is 2. The molecule has 0 saturated heterocycles. The minimum Gasteiger partial charge on any atom is -0.397 e. The van der Waals surface area contributed by atoms with Gasteiger partial charge in [0, 0.05) is 17.7 Å². The second-order valence-corrected chi connectivity index (χ2v) is 11.7. The zero-order valence-corrected chi connectivity index (χ0v) is 23.3. The summed E-state index contributed by atoms with van der Waals surface area (Å²) < 4.78 is 1.74. The monoisotopic (exact) mass is 559 g/mol. The summed E-state index contributed by atoms with van der Waals surface area (Å²) in [6, 6.07) is 9.87. The highest BCUT2D eigenvalue weighted by Crippen LogP contribution is 2.39. The van der Waals surface area contributed by atoms with Crippen LogP contribution in [0.25, 0.3) is 26.1 Å². The topological polar surface area (TPSA) is 153 Å². The molecule has 0 aliphatic heterocycles. The van der Waals surface area contributed by atoms with Crippen molar-refractivity contribution in [2.75, 3.05) is 11.5 Å². The molecule has 0 atom stereocenters. The number of fused-ring (bicyclic) bond motifs is 2. The van der Waals surface area contributed by atoms with Gasteiger partial charge in [0.25, 0.3) is 17.5 Å². The summed E-state index contributed by atoms with van der Waals surface area (Å²) >= 11 is 2.47. The van der Waals surface area contributed by atoms with Crippen LogP contribution in [0, 0.1) is 20.8 Å². The smallest absolute Gasteiger partial charge is 0.304 e. The molecule has 0 bridgehead atoms. The number of aryl methyl sites for hydroxylation is 3. The molecule has 0 spiro atoms. The van der Waals surface area contributed by atoms with E-state index >= 15 is 0 Å². The minimum absolute atomic E-state index is 0.179. The van der Waals surface area contributed by atoms with Crippen molar-refractivity contribution in [1.82, 2.24) is 25.9 Å². The van der Waals surface area contributed by atoms with Gasteiger partial charge in [-0.1, -0.05) is 41.7 Å². The minimum atomic E-state index is -0.287. The number of aromatic nitrogens is 4. The van der Waals surface area contributed by atoms with Gasteiger partial charge in [0.2, 0.25) is 0 Å². The van der Waals surface area contributed by atoms with Crippen LogP contribution in [0.5, 0.6) is 0 Å². The van der Waals surface area contributed by atoms with Gasteiger partial charge in [-0.05, 0) is 49.4 Å². The van der Waals surface area contributed by atoms with Crippen molar-refractivity contribution in [1.29, 1.82) is 0 Å². The van der Waals surface area contributed by atoms with E-state index in [9.17, 15) is 9.59 Å². The van der Waals surface area contributed by atoms with E-state index in [4.69, 9.17) is 16.6 Å². The van der Waals surface area contributed by atoms with Gasteiger partial charge >= 0.3 is 4.83 Å². The molecule has 10 nitrogen and oxygen atoms in total. The highest BCUT2D eigenvalue weighted by molar-refractivity contribution is 7.21. The summed E-state index contributed by atoms with van der Waals surface area (Å²) in [5.74, 6) is -0.465. The van der Waals surface area contributed by atoms with Crippen LogP contribution in [0.3, 0.4) is 0 Å². The zero-order valence-electron chi connectivity index (χ0n) is 21.7. The number of anilines is 2. The van der Waals surface area contributed by atoms with Crippen molar-refractivity contribution < 1.29 is 14.3 Å². The van der Waals surface area contributed by atoms with Crippen LogP contribution in [-0.4, -0.2) is 33.2 Å². The molecule has 12 heteroatoms. The highest BCUT2D eigenvalue weighted by atomic mass is 32.1. The lowest BCUT2D eigenvalue weighted by Gasteiger charge is -2.05. The van der Waals surface area contributed by atoms with Gasteiger partial charge in [0.1, 0.15) is 26.5 Å². The van der Waals surface area contributed by atoms with E-state index in [0.29, 0.717) is 54.1 Å². The Morgan fingerprint density at radius 2 is 1.64 bits per heavy atom. The fourth-order valence-corrected chi connectivity index (χ4v) is 6.66. The molecule has 39 heavy (non-hydrogen) atoms. The molecule has 1 aliphatic rings. The predicted molar refractivity (Wildman–Crippen MR) is 153 cm³/mol. The Balaban J connectivity index is 1.49. The molecule has 1 saturated carbocycles. The largest absolute Gasteiger partial charge is 0.397 e. The predicted octanol–water partition coefficient (Wildman–Crippen LogP) is 3.49. The number of thiophene rings is 2. The second-order valence-electron chi connectivity index (χ2n) is 9.72.